The van der Waals surface area contributed by atoms with Crippen molar-refractivity contribution in [3.8, 4) is 0 Å². The van der Waals surface area contributed by atoms with E-state index in [9.17, 15) is 12.8 Å². The van der Waals surface area contributed by atoms with Crippen molar-refractivity contribution in [3.05, 3.63) is 34.6 Å². The lowest BCUT2D eigenvalue weighted by Gasteiger charge is -2.10. The molecule has 2 rings (SSSR count). The minimum atomic E-state index is -2.84. The number of benzene rings is 1. The van der Waals surface area contributed by atoms with Gasteiger partial charge in [0.15, 0.2) is 9.84 Å². The van der Waals surface area contributed by atoms with E-state index >= 15 is 0 Å². The first kappa shape index (κ1) is 13.8. The van der Waals surface area contributed by atoms with Crippen LogP contribution in [-0.2, 0) is 16.4 Å². The Morgan fingerprint density at radius 2 is 2.22 bits per heavy atom. The molecule has 1 aliphatic rings. The summed E-state index contributed by atoms with van der Waals surface area (Å²) in [6.45, 7) is 0.987. The number of sulfone groups is 1. The topological polar surface area (TPSA) is 46.2 Å². The molecule has 1 aliphatic heterocycles. The van der Waals surface area contributed by atoms with E-state index in [1.54, 1.807) is 12.1 Å². The maximum absolute atomic E-state index is 13.5. The highest BCUT2D eigenvalue weighted by atomic mass is 35.5. The summed E-state index contributed by atoms with van der Waals surface area (Å²) >= 11 is 5.66. The highest BCUT2D eigenvalue weighted by Crippen LogP contribution is 2.18. The molecular formula is C12H15ClFNO2S. The van der Waals surface area contributed by atoms with Gasteiger partial charge in [-0.3, -0.25) is 0 Å². The van der Waals surface area contributed by atoms with Crippen LogP contribution in [0.3, 0.4) is 0 Å². The van der Waals surface area contributed by atoms with Crippen LogP contribution in [0.2, 0.25) is 5.02 Å². The average Bonchev–Trinajstić information content (AvgIpc) is 2.61. The third-order valence-electron chi connectivity index (χ3n) is 3.09. The third kappa shape index (κ3) is 3.67. The first-order valence-electron chi connectivity index (χ1n) is 5.81. The Kier molecular flexibility index (Phi) is 4.25. The fourth-order valence-electron chi connectivity index (χ4n) is 2.11. The monoisotopic (exact) mass is 291 g/mol. The number of rotatable bonds is 4. The SMILES string of the molecule is O=S1(=O)CCC(CNCc2ccc(Cl)cc2F)C1. The van der Waals surface area contributed by atoms with Crippen LogP contribution < -0.4 is 5.32 Å². The van der Waals surface area contributed by atoms with Crippen molar-refractivity contribution in [2.24, 2.45) is 5.92 Å². The standard InChI is InChI=1S/C12H15ClFNO2S/c13-11-2-1-10(12(14)5-11)7-15-6-9-3-4-18(16,17)8-9/h1-2,5,9,15H,3-4,6-8H2. The largest absolute Gasteiger partial charge is 0.312 e. The van der Waals surface area contributed by atoms with Crippen LogP contribution in [0.4, 0.5) is 4.39 Å². The van der Waals surface area contributed by atoms with Crippen LogP contribution >= 0.6 is 11.6 Å². The second-order valence-corrected chi connectivity index (χ2v) is 7.30. The van der Waals surface area contributed by atoms with E-state index in [4.69, 9.17) is 11.6 Å². The second kappa shape index (κ2) is 5.55. The van der Waals surface area contributed by atoms with E-state index in [-0.39, 0.29) is 23.2 Å². The van der Waals surface area contributed by atoms with Crippen molar-refractivity contribution in [3.63, 3.8) is 0 Å². The van der Waals surface area contributed by atoms with Crippen LogP contribution in [0.5, 0.6) is 0 Å². The Balaban J connectivity index is 1.82. The fourth-order valence-corrected chi connectivity index (χ4v) is 4.13. The summed E-state index contributed by atoms with van der Waals surface area (Å²) in [6, 6.07) is 4.55. The molecule has 1 unspecified atom stereocenters. The first-order valence-corrected chi connectivity index (χ1v) is 8.01. The minimum absolute atomic E-state index is 0.144. The molecule has 100 valence electrons. The summed E-state index contributed by atoms with van der Waals surface area (Å²) < 4.78 is 36.0. The number of halogens is 2. The van der Waals surface area contributed by atoms with E-state index in [0.717, 1.165) is 0 Å². The second-order valence-electron chi connectivity index (χ2n) is 4.64. The van der Waals surface area contributed by atoms with Gasteiger partial charge in [-0.1, -0.05) is 17.7 Å². The molecule has 0 amide bonds. The molecule has 0 aliphatic carbocycles. The Morgan fingerprint density at radius 1 is 1.44 bits per heavy atom. The van der Waals surface area contributed by atoms with Gasteiger partial charge in [0.25, 0.3) is 0 Å². The van der Waals surface area contributed by atoms with E-state index in [0.29, 0.717) is 30.1 Å². The van der Waals surface area contributed by atoms with Crippen LogP contribution in [0.15, 0.2) is 18.2 Å². The Bertz CT molecular complexity index is 533. The summed E-state index contributed by atoms with van der Waals surface area (Å²) in [6.07, 6.45) is 0.693. The molecule has 1 fully saturated rings. The van der Waals surface area contributed by atoms with Gasteiger partial charge in [-0.25, -0.2) is 12.8 Å². The van der Waals surface area contributed by atoms with Gasteiger partial charge in [-0.2, -0.15) is 0 Å². The van der Waals surface area contributed by atoms with E-state index in [1.807, 2.05) is 0 Å². The van der Waals surface area contributed by atoms with Gasteiger partial charge in [0.1, 0.15) is 5.82 Å². The van der Waals surface area contributed by atoms with Crippen LogP contribution in [-0.4, -0.2) is 26.5 Å². The average molecular weight is 292 g/mol. The van der Waals surface area contributed by atoms with E-state index < -0.39 is 9.84 Å². The lowest BCUT2D eigenvalue weighted by Crippen LogP contribution is -2.23. The number of hydrogen-bond acceptors (Lipinski definition) is 3. The summed E-state index contributed by atoms with van der Waals surface area (Å²) in [4.78, 5) is 0. The summed E-state index contributed by atoms with van der Waals surface area (Å²) in [5.41, 5.74) is 0.542. The van der Waals surface area contributed by atoms with Gasteiger partial charge in [0, 0.05) is 17.1 Å². The molecule has 18 heavy (non-hydrogen) atoms. The minimum Gasteiger partial charge on any atom is -0.312 e. The molecule has 1 heterocycles. The highest BCUT2D eigenvalue weighted by Gasteiger charge is 2.27. The molecule has 0 aromatic heterocycles. The van der Waals surface area contributed by atoms with Gasteiger partial charge < -0.3 is 5.32 Å². The van der Waals surface area contributed by atoms with Gasteiger partial charge in [-0.15, -0.1) is 0 Å². The van der Waals surface area contributed by atoms with E-state index in [1.165, 1.54) is 6.07 Å². The van der Waals surface area contributed by atoms with Crippen molar-refractivity contribution in [2.45, 2.75) is 13.0 Å². The normalized spacial score (nSPS) is 22.2. The Morgan fingerprint density at radius 3 is 2.83 bits per heavy atom. The molecule has 0 bridgehead atoms. The van der Waals surface area contributed by atoms with Crippen molar-refractivity contribution >= 4 is 21.4 Å². The zero-order chi connectivity index (χ0) is 13.2. The predicted molar refractivity (Wildman–Crippen MR) is 69.9 cm³/mol. The number of hydrogen-bond donors (Lipinski definition) is 1. The maximum atomic E-state index is 13.5. The fraction of sp³-hybridized carbons (Fsp3) is 0.500. The van der Waals surface area contributed by atoms with Crippen LogP contribution in [0.25, 0.3) is 0 Å². The Labute approximate surface area is 111 Å². The molecule has 0 saturated carbocycles. The lowest BCUT2D eigenvalue weighted by atomic mass is 10.1. The molecule has 0 spiro atoms. The summed E-state index contributed by atoms with van der Waals surface area (Å²) in [7, 11) is -2.84. The van der Waals surface area contributed by atoms with Crippen molar-refractivity contribution < 1.29 is 12.8 Å². The molecule has 1 N–H and O–H groups in total. The van der Waals surface area contributed by atoms with Crippen LogP contribution in [0.1, 0.15) is 12.0 Å². The molecule has 1 saturated heterocycles. The molecule has 3 nitrogen and oxygen atoms in total. The van der Waals surface area contributed by atoms with Gasteiger partial charge >= 0.3 is 0 Å². The first-order chi connectivity index (χ1) is 8.46. The zero-order valence-electron chi connectivity index (χ0n) is 9.83. The quantitative estimate of drug-likeness (QED) is 0.923. The van der Waals surface area contributed by atoms with E-state index in [2.05, 4.69) is 5.32 Å². The molecule has 1 aromatic rings. The van der Waals surface area contributed by atoms with Crippen molar-refractivity contribution in [2.75, 3.05) is 18.1 Å². The van der Waals surface area contributed by atoms with Crippen molar-refractivity contribution in [1.82, 2.24) is 5.32 Å². The van der Waals surface area contributed by atoms with Crippen LogP contribution in [0, 0.1) is 11.7 Å². The molecule has 6 heteroatoms. The highest BCUT2D eigenvalue weighted by molar-refractivity contribution is 7.91. The molecule has 1 atom stereocenters. The zero-order valence-corrected chi connectivity index (χ0v) is 11.4. The summed E-state index contributed by atoms with van der Waals surface area (Å²) in [5, 5.41) is 3.47. The van der Waals surface area contributed by atoms with Crippen molar-refractivity contribution in [1.29, 1.82) is 0 Å². The maximum Gasteiger partial charge on any atom is 0.150 e. The Hall–Kier alpha value is -0.650. The molecular weight excluding hydrogens is 277 g/mol. The van der Waals surface area contributed by atoms with Gasteiger partial charge in [-0.05, 0) is 31.0 Å². The van der Waals surface area contributed by atoms with Gasteiger partial charge in [0.05, 0.1) is 11.5 Å². The predicted octanol–water partition coefficient (Wildman–Crippen LogP) is 2.00. The third-order valence-corrected chi connectivity index (χ3v) is 5.16. The van der Waals surface area contributed by atoms with Gasteiger partial charge in [0.2, 0.25) is 0 Å². The molecule has 0 radical (unpaired) electrons. The number of nitrogens with one attached hydrogen (secondary N) is 1. The smallest absolute Gasteiger partial charge is 0.150 e. The molecule has 1 aromatic carbocycles. The summed E-state index contributed by atoms with van der Waals surface area (Å²) in [5.74, 6) is 0.317. The lowest BCUT2D eigenvalue weighted by molar-refractivity contribution is 0.510.